The molecule has 4 N–H and O–H groups in total. The first-order valence-corrected chi connectivity index (χ1v) is 6.86. The van der Waals surface area contributed by atoms with E-state index in [0.717, 1.165) is 4.90 Å². The van der Waals surface area contributed by atoms with Crippen LogP contribution >= 0.6 is 0 Å². The Bertz CT molecular complexity index is 775. The Kier molecular flexibility index (Phi) is 5.35. The fourth-order valence-corrected chi connectivity index (χ4v) is 2.13. The summed E-state index contributed by atoms with van der Waals surface area (Å²) in [4.78, 5) is 12.8. The van der Waals surface area contributed by atoms with E-state index < -0.39 is 6.03 Å². The van der Waals surface area contributed by atoms with E-state index >= 15 is 0 Å². The predicted octanol–water partition coefficient (Wildman–Crippen LogP) is 2.25. The van der Waals surface area contributed by atoms with Crippen LogP contribution in [0, 0.1) is 0 Å². The number of hydrogen-bond donors (Lipinski definition) is 3. The van der Waals surface area contributed by atoms with E-state index in [1.54, 1.807) is 48.5 Å². The van der Waals surface area contributed by atoms with Gasteiger partial charge in [-0.25, -0.2) is 9.69 Å². The minimum atomic E-state index is -0.923. The topological polar surface area (TPSA) is 121 Å². The number of urea groups is 1. The van der Waals surface area contributed by atoms with Crippen molar-refractivity contribution in [3.63, 3.8) is 0 Å². The van der Waals surface area contributed by atoms with Gasteiger partial charge in [-0.1, -0.05) is 46.7 Å². The van der Waals surface area contributed by atoms with Gasteiger partial charge in [-0.05, 0) is 12.1 Å². The van der Waals surface area contributed by atoms with Crippen LogP contribution in [-0.4, -0.2) is 35.1 Å². The average Bonchev–Trinajstić information content (AvgIpc) is 2.62. The molecule has 2 aromatic carbocycles. The number of carbonyl (C=O) groups excluding carboxylic acids is 1. The summed E-state index contributed by atoms with van der Waals surface area (Å²) in [5, 5.41) is 25.0. The van der Waals surface area contributed by atoms with Crippen molar-refractivity contribution in [2.45, 2.75) is 0 Å². The van der Waals surface area contributed by atoms with Crippen molar-refractivity contribution >= 4 is 23.3 Å². The highest BCUT2D eigenvalue weighted by Gasteiger charge is 2.26. The second kappa shape index (κ2) is 7.63. The van der Waals surface area contributed by atoms with Gasteiger partial charge >= 0.3 is 6.03 Å². The molecular formula is C16H16N4O4. The van der Waals surface area contributed by atoms with E-state index in [-0.39, 0.29) is 17.2 Å². The van der Waals surface area contributed by atoms with Crippen molar-refractivity contribution < 1.29 is 19.9 Å². The van der Waals surface area contributed by atoms with Gasteiger partial charge in [0.05, 0.1) is 12.8 Å². The molecule has 24 heavy (non-hydrogen) atoms. The number of carbonyl (C=O) groups is 1. The standard InChI is InChI=1S/C16H16N4O4/c1-24-13-9-5-8-12(10-13)20(16(17)21)15(19-23)14(18-22)11-6-3-2-4-7-11/h2-10,22-23H,1H3,(H2,17,21). The number of anilines is 1. The number of nitrogens with zero attached hydrogens (tertiary/aromatic N) is 3. The zero-order valence-electron chi connectivity index (χ0n) is 12.8. The Morgan fingerprint density at radius 1 is 1.08 bits per heavy atom. The molecule has 0 aliphatic rings. The van der Waals surface area contributed by atoms with Crippen LogP contribution in [0.5, 0.6) is 5.75 Å². The van der Waals surface area contributed by atoms with E-state index in [9.17, 15) is 15.2 Å². The van der Waals surface area contributed by atoms with E-state index in [1.807, 2.05) is 0 Å². The van der Waals surface area contributed by atoms with Crippen molar-refractivity contribution in [1.29, 1.82) is 0 Å². The zero-order chi connectivity index (χ0) is 17.5. The first-order chi connectivity index (χ1) is 11.6. The summed E-state index contributed by atoms with van der Waals surface area (Å²) in [5.74, 6) is 0.141. The molecule has 0 aliphatic carbocycles. The number of hydrogen-bond acceptors (Lipinski definition) is 6. The SMILES string of the molecule is COc1cccc(N(C(N)=O)C(=NO)C(=NO)c2ccccc2)c1. The van der Waals surface area contributed by atoms with E-state index in [1.165, 1.54) is 13.2 Å². The molecule has 0 unspecified atom stereocenters. The molecule has 0 saturated heterocycles. The summed E-state index contributed by atoms with van der Waals surface area (Å²) in [7, 11) is 1.47. The number of nitrogens with two attached hydrogens (primary N) is 1. The van der Waals surface area contributed by atoms with Crippen LogP contribution in [0.3, 0.4) is 0 Å². The Labute approximate surface area is 138 Å². The molecule has 0 heterocycles. The minimum absolute atomic E-state index is 0.125. The number of rotatable bonds is 4. The Hall–Kier alpha value is -3.55. The second-order valence-electron chi connectivity index (χ2n) is 4.61. The van der Waals surface area contributed by atoms with E-state index in [4.69, 9.17) is 10.5 Å². The molecule has 0 radical (unpaired) electrons. The van der Waals surface area contributed by atoms with Gasteiger partial charge < -0.3 is 20.9 Å². The van der Waals surface area contributed by atoms with Crippen LogP contribution in [-0.2, 0) is 0 Å². The van der Waals surface area contributed by atoms with Crippen LogP contribution in [0.4, 0.5) is 10.5 Å². The molecule has 0 atom stereocenters. The van der Waals surface area contributed by atoms with Crippen LogP contribution in [0.15, 0.2) is 64.9 Å². The molecule has 124 valence electrons. The van der Waals surface area contributed by atoms with E-state index in [2.05, 4.69) is 10.3 Å². The lowest BCUT2D eigenvalue weighted by Gasteiger charge is -2.22. The summed E-state index contributed by atoms with van der Waals surface area (Å²) in [6, 6.07) is 13.9. The number of amides is 2. The van der Waals surface area contributed by atoms with Gasteiger partial charge in [0, 0.05) is 11.6 Å². The van der Waals surface area contributed by atoms with Crippen molar-refractivity contribution in [3.8, 4) is 5.75 Å². The first-order valence-electron chi connectivity index (χ1n) is 6.86. The highest BCUT2D eigenvalue weighted by molar-refractivity contribution is 6.54. The van der Waals surface area contributed by atoms with Gasteiger partial charge in [0.25, 0.3) is 0 Å². The van der Waals surface area contributed by atoms with Gasteiger partial charge in [0.2, 0.25) is 5.84 Å². The highest BCUT2D eigenvalue weighted by Crippen LogP contribution is 2.22. The van der Waals surface area contributed by atoms with Crippen LogP contribution in [0.2, 0.25) is 0 Å². The molecule has 0 bridgehead atoms. The Morgan fingerprint density at radius 2 is 1.79 bits per heavy atom. The quantitative estimate of drug-likeness (QED) is 0.345. The third kappa shape index (κ3) is 3.43. The maximum atomic E-state index is 11.9. The maximum absolute atomic E-state index is 11.9. The monoisotopic (exact) mass is 328 g/mol. The average molecular weight is 328 g/mol. The Balaban J connectivity index is 2.54. The van der Waals surface area contributed by atoms with Crippen LogP contribution in [0.25, 0.3) is 0 Å². The number of oxime groups is 2. The lowest BCUT2D eigenvalue weighted by Crippen LogP contribution is -2.45. The number of primary amides is 1. The van der Waals surface area contributed by atoms with Crippen molar-refractivity contribution in [3.05, 3.63) is 60.2 Å². The lowest BCUT2D eigenvalue weighted by atomic mass is 10.1. The van der Waals surface area contributed by atoms with Gasteiger partial charge in [0.1, 0.15) is 5.75 Å². The smallest absolute Gasteiger partial charge is 0.325 e. The molecule has 8 heteroatoms. The molecular weight excluding hydrogens is 312 g/mol. The largest absolute Gasteiger partial charge is 0.497 e. The van der Waals surface area contributed by atoms with Crippen molar-refractivity contribution in [2.24, 2.45) is 16.0 Å². The van der Waals surface area contributed by atoms with Crippen LogP contribution < -0.4 is 15.4 Å². The molecule has 0 spiro atoms. The lowest BCUT2D eigenvalue weighted by molar-refractivity contribution is 0.256. The molecule has 8 nitrogen and oxygen atoms in total. The second-order valence-corrected chi connectivity index (χ2v) is 4.61. The number of methoxy groups -OCH3 is 1. The highest BCUT2D eigenvalue weighted by atomic mass is 16.5. The van der Waals surface area contributed by atoms with Gasteiger partial charge in [-0.3, -0.25) is 0 Å². The summed E-state index contributed by atoms with van der Waals surface area (Å²) < 4.78 is 5.11. The van der Waals surface area contributed by atoms with E-state index in [0.29, 0.717) is 11.3 Å². The van der Waals surface area contributed by atoms with Gasteiger partial charge in [0.15, 0.2) is 5.71 Å². The molecule has 2 rings (SSSR count). The molecule has 0 fully saturated rings. The minimum Gasteiger partial charge on any atom is -0.497 e. The molecule has 0 aliphatic heterocycles. The fourth-order valence-electron chi connectivity index (χ4n) is 2.13. The summed E-state index contributed by atoms with van der Waals surface area (Å²) in [6.45, 7) is 0. The molecule has 0 aromatic heterocycles. The number of benzene rings is 2. The normalized spacial score (nSPS) is 11.9. The van der Waals surface area contributed by atoms with Gasteiger partial charge in [-0.15, -0.1) is 0 Å². The number of ether oxygens (including phenoxy) is 1. The van der Waals surface area contributed by atoms with Crippen molar-refractivity contribution in [1.82, 2.24) is 0 Å². The first kappa shape index (κ1) is 16.8. The summed E-state index contributed by atoms with van der Waals surface area (Å²) in [5.41, 5.74) is 6.02. The molecule has 2 amide bonds. The maximum Gasteiger partial charge on any atom is 0.325 e. The fraction of sp³-hybridized carbons (Fsp3) is 0.0625. The predicted molar refractivity (Wildman–Crippen MR) is 89.0 cm³/mol. The third-order valence-electron chi connectivity index (χ3n) is 3.20. The zero-order valence-corrected chi connectivity index (χ0v) is 12.8. The van der Waals surface area contributed by atoms with Crippen molar-refractivity contribution in [2.75, 3.05) is 12.0 Å². The summed E-state index contributed by atoms with van der Waals surface area (Å²) in [6.07, 6.45) is 0. The number of amidine groups is 1. The third-order valence-corrected chi connectivity index (χ3v) is 3.20. The molecule has 2 aromatic rings. The van der Waals surface area contributed by atoms with Crippen LogP contribution in [0.1, 0.15) is 5.56 Å². The van der Waals surface area contributed by atoms with Gasteiger partial charge in [-0.2, -0.15) is 0 Å². The Morgan fingerprint density at radius 3 is 2.33 bits per heavy atom. The molecule has 0 saturated carbocycles. The summed E-state index contributed by atoms with van der Waals surface area (Å²) >= 11 is 0.